The van der Waals surface area contributed by atoms with E-state index < -0.39 is 10.0 Å². The monoisotopic (exact) mass is 448 g/mol. The van der Waals surface area contributed by atoms with Crippen LogP contribution in [-0.2, 0) is 14.8 Å². The number of nitrogens with one attached hydrogen (secondary N) is 2. The van der Waals surface area contributed by atoms with E-state index in [1.807, 2.05) is 13.0 Å². The second-order valence-electron chi connectivity index (χ2n) is 7.31. The molecule has 9 heteroatoms. The van der Waals surface area contributed by atoms with Crippen molar-refractivity contribution in [2.45, 2.75) is 36.8 Å². The molecule has 0 radical (unpaired) electrons. The van der Waals surface area contributed by atoms with Gasteiger partial charge in [-0.25, -0.2) is 13.1 Å². The molecular formula is C22H28N2O6S. The van der Waals surface area contributed by atoms with Gasteiger partial charge in [-0.3, -0.25) is 4.79 Å². The zero-order chi connectivity index (χ0) is 22.4. The standard InChI is InChI=1S/C22H28N2O6S/c1-15(20-11-8-17(28-2)13-21(20)29-3)24-22(25)16-6-9-19(10-7-16)31(26,27)23-14-18-5-4-12-30-18/h6-11,13,15,18,23H,4-5,12,14H2,1-3H3,(H,24,25). The molecule has 1 aliphatic rings. The fourth-order valence-electron chi connectivity index (χ4n) is 3.41. The summed E-state index contributed by atoms with van der Waals surface area (Å²) >= 11 is 0. The normalized spacial score (nSPS) is 17.2. The van der Waals surface area contributed by atoms with Crippen molar-refractivity contribution >= 4 is 15.9 Å². The number of carbonyl (C=O) groups is 1. The van der Waals surface area contributed by atoms with Crippen molar-refractivity contribution in [1.82, 2.24) is 10.0 Å². The number of rotatable bonds is 9. The highest BCUT2D eigenvalue weighted by atomic mass is 32.2. The number of hydrogen-bond acceptors (Lipinski definition) is 6. The Hall–Kier alpha value is -2.62. The molecule has 2 aromatic carbocycles. The number of amides is 1. The molecule has 2 N–H and O–H groups in total. The Morgan fingerprint density at radius 2 is 1.90 bits per heavy atom. The first-order valence-corrected chi connectivity index (χ1v) is 11.6. The summed E-state index contributed by atoms with van der Waals surface area (Å²) in [4.78, 5) is 12.8. The van der Waals surface area contributed by atoms with Crippen molar-refractivity contribution in [2.75, 3.05) is 27.4 Å². The van der Waals surface area contributed by atoms with Crippen molar-refractivity contribution < 1.29 is 27.4 Å². The summed E-state index contributed by atoms with van der Waals surface area (Å²) in [5.74, 6) is 0.941. The molecule has 8 nitrogen and oxygen atoms in total. The molecule has 0 spiro atoms. The van der Waals surface area contributed by atoms with E-state index in [2.05, 4.69) is 10.0 Å². The molecule has 0 bridgehead atoms. The van der Waals surface area contributed by atoms with Gasteiger partial charge < -0.3 is 19.5 Å². The average Bonchev–Trinajstić information content (AvgIpc) is 3.31. The van der Waals surface area contributed by atoms with Crippen LogP contribution < -0.4 is 19.5 Å². The van der Waals surface area contributed by atoms with Crippen LogP contribution in [0, 0.1) is 0 Å². The first kappa shape index (κ1) is 23.1. The molecule has 0 saturated carbocycles. The van der Waals surface area contributed by atoms with Gasteiger partial charge in [-0.05, 0) is 56.2 Å². The van der Waals surface area contributed by atoms with Crippen LogP contribution in [0.2, 0.25) is 0 Å². The number of hydrogen-bond donors (Lipinski definition) is 2. The van der Waals surface area contributed by atoms with Gasteiger partial charge in [0.2, 0.25) is 10.0 Å². The lowest BCUT2D eigenvalue weighted by atomic mass is 10.1. The molecule has 1 aliphatic heterocycles. The zero-order valence-corrected chi connectivity index (χ0v) is 18.7. The number of sulfonamides is 1. The van der Waals surface area contributed by atoms with E-state index >= 15 is 0 Å². The Morgan fingerprint density at radius 1 is 1.16 bits per heavy atom. The SMILES string of the molecule is COc1ccc(C(C)NC(=O)c2ccc(S(=O)(=O)NCC3CCCO3)cc2)c(OC)c1. The fourth-order valence-corrected chi connectivity index (χ4v) is 4.48. The van der Waals surface area contributed by atoms with Gasteiger partial charge in [0.15, 0.2) is 0 Å². The molecule has 2 aromatic rings. The number of ether oxygens (including phenoxy) is 3. The van der Waals surface area contributed by atoms with E-state index in [4.69, 9.17) is 14.2 Å². The molecule has 1 fully saturated rings. The molecule has 31 heavy (non-hydrogen) atoms. The van der Waals surface area contributed by atoms with E-state index in [1.54, 1.807) is 26.4 Å². The van der Waals surface area contributed by atoms with Crippen LogP contribution in [0.15, 0.2) is 47.4 Å². The number of benzene rings is 2. The predicted octanol–water partition coefficient (Wildman–Crippen LogP) is 2.65. The van der Waals surface area contributed by atoms with Gasteiger partial charge in [-0.15, -0.1) is 0 Å². The summed E-state index contributed by atoms with van der Waals surface area (Å²) in [6.07, 6.45) is 1.70. The molecular weight excluding hydrogens is 420 g/mol. The van der Waals surface area contributed by atoms with Crippen molar-refractivity contribution in [2.24, 2.45) is 0 Å². The van der Waals surface area contributed by atoms with Gasteiger partial charge in [0.25, 0.3) is 5.91 Å². The maximum atomic E-state index is 12.7. The topological polar surface area (TPSA) is 103 Å². The molecule has 1 amide bonds. The third kappa shape index (κ3) is 5.75. The molecule has 1 heterocycles. The van der Waals surface area contributed by atoms with Crippen molar-refractivity contribution in [3.05, 3.63) is 53.6 Å². The Kier molecular flexibility index (Phi) is 7.53. The second kappa shape index (κ2) is 10.1. The predicted molar refractivity (Wildman–Crippen MR) is 116 cm³/mol. The van der Waals surface area contributed by atoms with Gasteiger partial charge in [-0.2, -0.15) is 0 Å². The largest absolute Gasteiger partial charge is 0.497 e. The van der Waals surface area contributed by atoms with Gasteiger partial charge in [0, 0.05) is 30.3 Å². The lowest BCUT2D eigenvalue weighted by Crippen LogP contribution is -2.32. The smallest absolute Gasteiger partial charge is 0.251 e. The minimum atomic E-state index is -3.66. The van der Waals surface area contributed by atoms with Gasteiger partial charge in [0.1, 0.15) is 11.5 Å². The third-order valence-electron chi connectivity index (χ3n) is 5.21. The Balaban J connectivity index is 1.64. The van der Waals surface area contributed by atoms with E-state index in [9.17, 15) is 13.2 Å². The van der Waals surface area contributed by atoms with Crippen molar-refractivity contribution in [1.29, 1.82) is 0 Å². The minimum absolute atomic E-state index is 0.0868. The van der Waals surface area contributed by atoms with Crippen molar-refractivity contribution in [3.63, 3.8) is 0 Å². The minimum Gasteiger partial charge on any atom is -0.497 e. The van der Waals surface area contributed by atoms with Gasteiger partial charge in [0.05, 0.1) is 31.3 Å². The maximum absolute atomic E-state index is 12.7. The molecule has 3 rings (SSSR count). The van der Waals surface area contributed by atoms with E-state index in [1.165, 1.54) is 24.3 Å². The van der Waals surface area contributed by atoms with Crippen LogP contribution >= 0.6 is 0 Å². The highest BCUT2D eigenvalue weighted by Crippen LogP contribution is 2.29. The molecule has 1 saturated heterocycles. The van der Waals surface area contributed by atoms with Crippen molar-refractivity contribution in [3.8, 4) is 11.5 Å². The zero-order valence-electron chi connectivity index (χ0n) is 17.9. The van der Waals surface area contributed by atoms with E-state index in [-0.39, 0.29) is 29.5 Å². The average molecular weight is 449 g/mol. The highest BCUT2D eigenvalue weighted by molar-refractivity contribution is 7.89. The van der Waals surface area contributed by atoms with Crippen LogP contribution in [0.3, 0.4) is 0 Å². The summed E-state index contributed by atoms with van der Waals surface area (Å²) in [5.41, 5.74) is 1.16. The van der Waals surface area contributed by atoms with E-state index in [0.717, 1.165) is 18.4 Å². The summed E-state index contributed by atoms with van der Waals surface area (Å²) in [5, 5.41) is 2.90. The molecule has 0 aromatic heterocycles. The Labute approximate surface area is 182 Å². The molecule has 168 valence electrons. The van der Waals surface area contributed by atoms with Crippen LogP contribution in [0.4, 0.5) is 0 Å². The first-order chi connectivity index (χ1) is 14.8. The second-order valence-corrected chi connectivity index (χ2v) is 9.08. The van der Waals surface area contributed by atoms with Crippen LogP contribution in [0.5, 0.6) is 11.5 Å². The fraction of sp³-hybridized carbons (Fsp3) is 0.409. The summed E-state index contributed by atoms with van der Waals surface area (Å²) in [6, 6.07) is 10.9. The lowest BCUT2D eigenvalue weighted by Gasteiger charge is -2.18. The lowest BCUT2D eigenvalue weighted by molar-refractivity contribution is 0.0939. The van der Waals surface area contributed by atoms with Gasteiger partial charge in [-0.1, -0.05) is 0 Å². The first-order valence-electron chi connectivity index (χ1n) is 10.1. The number of methoxy groups -OCH3 is 2. The van der Waals surface area contributed by atoms with Crippen LogP contribution in [0.25, 0.3) is 0 Å². The van der Waals surface area contributed by atoms with Crippen LogP contribution in [0.1, 0.15) is 41.7 Å². The Bertz CT molecular complexity index is 1000. The molecule has 0 aliphatic carbocycles. The molecule has 2 unspecified atom stereocenters. The maximum Gasteiger partial charge on any atom is 0.251 e. The summed E-state index contributed by atoms with van der Waals surface area (Å²) < 4.78 is 43.5. The van der Waals surface area contributed by atoms with Crippen LogP contribution in [-0.4, -0.2) is 47.8 Å². The number of carbonyl (C=O) groups excluding carboxylic acids is 1. The molecule has 2 atom stereocenters. The summed E-state index contributed by atoms with van der Waals surface area (Å²) in [7, 11) is -0.537. The van der Waals surface area contributed by atoms with Gasteiger partial charge >= 0.3 is 0 Å². The van der Waals surface area contributed by atoms with E-state index in [0.29, 0.717) is 23.7 Å². The Morgan fingerprint density at radius 3 is 2.52 bits per heavy atom. The third-order valence-corrected chi connectivity index (χ3v) is 6.65. The quantitative estimate of drug-likeness (QED) is 0.611. The highest BCUT2D eigenvalue weighted by Gasteiger charge is 2.21. The summed E-state index contributed by atoms with van der Waals surface area (Å²) in [6.45, 7) is 2.75.